The summed E-state index contributed by atoms with van der Waals surface area (Å²) in [7, 11) is 0. The van der Waals surface area contributed by atoms with Gasteiger partial charge in [-0.3, -0.25) is 0 Å². The zero-order valence-corrected chi connectivity index (χ0v) is 7.10. The van der Waals surface area contributed by atoms with Gasteiger partial charge in [-0.1, -0.05) is 6.42 Å². The number of rotatable bonds is 0. The lowest BCUT2D eigenvalue weighted by molar-refractivity contribution is 0.392. The summed E-state index contributed by atoms with van der Waals surface area (Å²) in [4.78, 5) is 0. The Morgan fingerprint density at radius 3 is 2.64 bits per heavy atom. The topological polar surface area (TPSA) is 26.0 Å². The van der Waals surface area contributed by atoms with Gasteiger partial charge >= 0.3 is 0 Å². The van der Waals surface area contributed by atoms with Gasteiger partial charge in [-0.05, 0) is 50.0 Å². The highest BCUT2D eigenvalue weighted by atomic mass is 14.6. The molecule has 62 valence electrons. The molecule has 1 saturated carbocycles. The summed E-state index contributed by atoms with van der Waals surface area (Å²) in [6.07, 6.45) is 9.45. The van der Waals surface area contributed by atoms with Crippen molar-refractivity contribution >= 4 is 0 Å². The lowest BCUT2D eigenvalue weighted by atomic mass is 9.76. The molecule has 1 fully saturated rings. The molecule has 0 aromatic heterocycles. The van der Waals surface area contributed by atoms with Gasteiger partial charge in [-0.15, -0.1) is 0 Å². The molecule has 2 rings (SSSR count). The molecule has 2 aliphatic rings. The Hall–Kier alpha value is -0.460. The van der Waals surface area contributed by atoms with E-state index >= 15 is 0 Å². The van der Waals surface area contributed by atoms with Crippen molar-refractivity contribution in [2.24, 2.45) is 11.7 Å². The lowest BCUT2D eigenvalue weighted by Crippen LogP contribution is -2.19. The molecule has 1 unspecified atom stereocenters. The summed E-state index contributed by atoms with van der Waals surface area (Å²) in [6, 6.07) is 0. The Kier molecular flexibility index (Phi) is 1.89. The standard InChI is InChI=1S/C10H17N/c11-10-7-3-5-8-4-1-2-6-9(8)10/h8H,1-7,11H2. The van der Waals surface area contributed by atoms with E-state index < -0.39 is 0 Å². The normalized spacial score (nSPS) is 31.8. The van der Waals surface area contributed by atoms with Crippen molar-refractivity contribution in [3.05, 3.63) is 11.3 Å². The van der Waals surface area contributed by atoms with E-state index in [-0.39, 0.29) is 0 Å². The second-order valence-corrected chi connectivity index (χ2v) is 3.89. The monoisotopic (exact) mass is 151 g/mol. The fourth-order valence-electron chi connectivity index (χ4n) is 2.53. The van der Waals surface area contributed by atoms with Crippen molar-refractivity contribution in [1.29, 1.82) is 0 Å². The van der Waals surface area contributed by atoms with E-state index in [1.54, 1.807) is 5.57 Å². The molecule has 2 N–H and O–H groups in total. The number of fused-ring (bicyclic) bond motifs is 1. The Morgan fingerprint density at radius 2 is 1.82 bits per heavy atom. The van der Waals surface area contributed by atoms with E-state index in [4.69, 9.17) is 5.73 Å². The molecule has 0 aliphatic heterocycles. The highest BCUT2D eigenvalue weighted by molar-refractivity contribution is 5.18. The van der Waals surface area contributed by atoms with Crippen LogP contribution < -0.4 is 5.73 Å². The first-order chi connectivity index (χ1) is 5.38. The first-order valence-electron chi connectivity index (χ1n) is 4.85. The van der Waals surface area contributed by atoms with Gasteiger partial charge in [0.15, 0.2) is 0 Å². The van der Waals surface area contributed by atoms with Crippen LogP contribution in [0, 0.1) is 5.92 Å². The van der Waals surface area contributed by atoms with E-state index in [0.29, 0.717) is 0 Å². The summed E-state index contributed by atoms with van der Waals surface area (Å²) < 4.78 is 0. The first kappa shape index (κ1) is 7.20. The Labute approximate surface area is 68.7 Å². The maximum Gasteiger partial charge on any atom is 0.00752 e. The molecule has 0 amide bonds. The van der Waals surface area contributed by atoms with Gasteiger partial charge in [0.1, 0.15) is 0 Å². The molecular formula is C10H17N. The number of hydrogen-bond acceptors (Lipinski definition) is 1. The van der Waals surface area contributed by atoms with Crippen molar-refractivity contribution in [3.8, 4) is 0 Å². The van der Waals surface area contributed by atoms with Crippen molar-refractivity contribution in [2.75, 3.05) is 0 Å². The molecule has 1 atom stereocenters. The third kappa shape index (κ3) is 1.29. The minimum absolute atomic E-state index is 0.887. The van der Waals surface area contributed by atoms with Crippen molar-refractivity contribution in [3.63, 3.8) is 0 Å². The lowest BCUT2D eigenvalue weighted by Gasteiger charge is -2.30. The summed E-state index contributed by atoms with van der Waals surface area (Å²) in [5.41, 5.74) is 8.83. The van der Waals surface area contributed by atoms with Crippen LogP contribution in [-0.4, -0.2) is 0 Å². The molecule has 1 nitrogen and oxygen atoms in total. The highest BCUT2D eigenvalue weighted by Gasteiger charge is 2.23. The van der Waals surface area contributed by atoms with Crippen LogP contribution in [-0.2, 0) is 0 Å². The molecule has 0 heterocycles. The van der Waals surface area contributed by atoms with Gasteiger partial charge in [-0.25, -0.2) is 0 Å². The first-order valence-corrected chi connectivity index (χ1v) is 4.85. The van der Waals surface area contributed by atoms with Gasteiger partial charge in [0.05, 0.1) is 0 Å². The van der Waals surface area contributed by atoms with Crippen LogP contribution in [0.3, 0.4) is 0 Å². The number of allylic oxidation sites excluding steroid dienone is 2. The molecule has 1 heteroatoms. The summed E-state index contributed by atoms with van der Waals surface area (Å²) in [6.45, 7) is 0. The van der Waals surface area contributed by atoms with Crippen LogP contribution in [0.2, 0.25) is 0 Å². The Morgan fingerprint density at radius 1 is 1.00 bits per heavy atom. The minimum Gasteiger partial charge on any atom is -0.402 e. The maximum absolute atomic E-state index is 5.97. The molecule has 11 heavy (non-hydrogen) atoms. The molecular weight excluding hydrogens is 134 g/mol. The SMILES string of the molecule is NC1=C2CCCCC2CCC1. The number of hydrogen-bond donors (Lipinski definition) is 1. The van der Waals surface area contributed by atoms with Crippen LogP contribution in [0.15, 0.2) is 11.3 Å². The van der Waals surface area contributed by atoms with Gasteiger partial charge in [0, 0.05) is 5.70 Å². The van der Waals surface area contributed by atoms with E-state index in [9.17, 15) is 0 Å². The van der Waals surface area contributed by atoms with Gasteiger partial charge < -0.3 is 5.73 Å². The third-order valence-electron chi connectivity index (χ3n) is 3.15. The Bertz CT molecular complexity index is 181. The van der Waals surface area contributed by atoms with Crippen molar-refractivity contribution in [2.45, 2.75) is 44.9 Å². The van der Waals surface area contributed by atoms with Gasteiger partial charge in [0.2, 0.25) is 0 Å². The molecule has 0 radical (unpaired) electrons. The average Bonchev–Trinajstić information content (AvgIpc) is 2.06. The van der Waals surface area contributed by atoms with E-state index in [1.165, 1.54) is 50.6 Å². The van der Waals surface area contributed by atoms with E-state index in [1.807, 2.05) is 0 Å². The smallest absolute Gasteiger partial charge is 0.00752 e. The van der Waals surface area contributed by atoms with E-state index in [2.05, 4.69) is 0 Å². The third-order valence-corrected chi connectivity index (χ3v) is 3.15. The Balaban J connectivity index is 2.19. The quantitative estimate of drug-likeness (QED) is 0.565. The zero-order chi connectivity index (χ0) is 7.68. The second-order valence-electron chi connectivity index (χ2n) is 3.89. The second kappa shape index (κ2) is 2.88. The van der Waals surface area contributed by atoms with Crippen molar-refractivity contribution < 1.29 is 0 Å². The molecule has 0 spiro atoms. The predicted octanol–water partition coefficient (Wildman–Crippen LogP) is 2.57. The summed E-state index contributed by atoms with van der Waals surface area (Å²) >= 11 is 0. The fraction of sp³-hybridized carbons (Fsp3) is 0.800. The van der Waals surface area contributed by atoms with Crippen molar-refractivity contribution in [1.82, 2.24) is 0 Å². The molecule has 0 aromatic carbocycles. The summed E-state index contributed by atoms with van der Waals surface area (Å²) in [5.74, 6) is 0.887. The zero-order valence-electron chi connectivity index (χ0n) is 7.10. The van der Waals surface area contributed by atoms with Crippen LogP contribution in [0.25, 0.3) is 0 Å². The maximum atomic E-state index is 5.97. The van der Waals surface area contributed by atoms with Gasteiger partial charge in [-0.2, -0.15) is 0 Å². The van der Waals surface area contributed by atoms with Crippen LogP contribution in [0.5, 0.6) is 0 Å². The average molecular weight is 151 g/mol. The summed E-state index contributed by atoms with van der Waals surface area (Å²) in [5, 5.41) is 0. The molecule has 0 saturated heterocycles. The molecule has 2 aliphatic carbocycles. The largest absolute Gasteiger partial charge is 0.402 e. The van der Waals surface area contributed by atoms with Gasteiger partial charge in [0.25, 0.3) is 0 Å². The number of nitrogens with two attached hydrogens (primary N) is 1. The van der Waals surface area contributed by atoms with Crippen LogP contribution in [0.1, 0.15) is 44.9 Å². The van der Waals surface area contributed by atoms with Crippen LogP contribution >= 0.6 is 0 Å². The van der Waals surface area contributed by atoms with Crippen LogP contribution in [0.4, 0.5) is 0 Å². The predicted molar refractivity (Wildman–Crippen MR) is 47.0 cm³/mol. The molecule has 0 aromatic rings. The highest BCUT2D eigenvalue weighted by Crippen LogP contribution is 2.38. The fourth-order valence-corrected chi connectivity index (χ4v) is 2.53. The molecule has 0 bridgehead atoms. The van der Waals surface area contributed by atoms with E-state index in [0.717, 1.165) is 5.92 Å². The minimum atomic E-state index is 0.887.